The van der Waals surface area contributed by atoms with Crippen LogP contribution in [0.25, 0.3) is 0 Å². The fourth-order valence-corrected chi connectivity index (χ4v) is 12.5. The number of nitrogens with zero attached hydrogens (tertiary/aromatic N) is 1. The molecule has 0 aliphatic rings. The van der Waals surface area contributed by atoms with Crippen molar-refractivity contribution in [2.75, 3.05) is 0 Å². The number of halogens is 1. The molecule has 32 heavy (non-hydrogen) atoms. The molecule has 0 aromatic heterocycles. The van der Waals surface area contributed by atoms with Crippen LogP contribution < -0.4 is 15.9 Å². The summed E-state index contributed by atoms with van der Waals surface area (Å²) in [6.45, 7) is 0. The van der Waals surface area contributed by atoms with Crippen LogP contribution in [0.15, 0.2) is 115 Å². The molecule has 0 amide bonds. The normalized spacial score (nSPS) is 13.3. The Kier molecular flexibility index (Phi) is 5.98. The Labute approximate surface area is 195 Å². The molecule has 0 saturated heterocycles. The van der Waals surface area contributed by atoms with E-state index in [9.17, 15) is 15.2 Å². The Bertz CT molecular complexity index is 1190. The number of carboxylic acids is 1. The zero-order chi connectivity index (χ0) is 22.6. The predicted molar refractivity (Wildman–Crippen MR) is 136 cm³/mol. The number of rotatable bonds is 6. The monoisotopic (exact) mass is 501 g/mol. The molecule has 0 spiro atoms. The SMILES string of the molecule is N#CC(c1cccc(C(=O)O)c1)P(Br)(c1ccccc1)(c1ccccc1)c1ccccc1. The van der Waals surface area contributed by atoms with E-state index in [1.165, 1.54) is 0 Å². The summed E-state index contributed by atoms with van der Waals surface area (Å²) in [5.74, 6) is -1.02. The average molecular weight is 502 g/mol. The molecule has 4 aromatic carbocycles. The molecule has 4 aromatic rings. The Morgan fingerprint density at radius 3 is 1.56 bits per heavy atom. The van der Waals surface area contributed by atoms with E-state index in [0.29, 0.717) is 5.56 Å². The van der Waals surface area contributed by atoms with Crippen LogP contribution in [-0.2, 0) is 0 Å². The molecule has 0 saturated carbocycles. The van der Waals surface area contributed by atoms with Gasteiger partial charge in [0, 0.05) is 0 Å². The zero-order valence-corrected chi connectivity index (χ0v) is 19.7. The Hall–Kier alpha value is -3.25. The molecule has 4 rings (SSSR count). The van der Waals surface area contributed by atoms with Crippen LogP contribution >= 0.6 is 20.8 Å². The molecule has 1 atom stereocenters. The van der Waals surface area contributed by atoms with Crippen molar-refractivity contribution in [1.82, 2.24) is 0 Å². The summed E-state index contributed by atoms with van der Waals surface area (Å²) in [6.07, 6.45) is 0. The number of carboxylic acid groups (broad SMARTS) is 1. The number of carbonyl (C=O) groups is 1. The van der Waals surface area contributed by atoms with Gasteiger partial charge in [-0.25, -0.2) is 0 Å². The van der Waals surface area contributed by atoms with Crippen molar-refractivity contribution in [2.45, 2.75) is 5.66 Å². The van der Waals surface area contributed by atoms with Crippen molar-refractivity contribution in [3.05, 3.63) is 126 Å². The second-order valence-corrected chi connectivity index (χ2v) is 16.2. The molecule has 1 unspecified atom stereocenters. The van der Waals surface area contributed by atoms with E-state index in [4.69, 9.17) is 0 Å². The van der Waals surface area contributed by atoms with Crippen LogP contribution in [0.4, 0.5) is 0 Å². The summed E-state index contributed by atoms with van der Waals surface area (Å²) in [5, 5.41) is 19.7. The van der Waals surface area contributed by atoms with Gasteiger partial charge in [0.2, 0.25) is 0 Å². The predicted octanol–water partition coefficient (Wildman–Crippen LogP) is 5.79. The van der Waals surface area contributed by atoms with E-state index in [0.717, 1.165) is 15.9 Å². The summed E-state index contributed by atoms with van der Waals surface area (Å²) < 4.78 is 0. The topological polar surface area (TPSA) is 61.1 Å². The van der Waals surface area contributed by atoms with Crippen LogP contribution in [0.1, 0.15) is 21.6 Å². The average Bonchev–Trinajstić information content (AvgIpc) is 2.86. The fourth-order valence-electron chi connectivity index (χ4n) is 4.36. The number of hydrogen-bond donors (Lipinski definition) is 1. The molecule has 158 valence electrons. The van der Waals surface area contributed by atoms with Gasteiger partial charge in [0.25, 0.3) is 0 Å². The molecule has 0 radical (unpaired) electrons. The zero-order valence-electron chi connectivity index (χ0n) is 17.2. The summed E-state index contributed by atoms with van der Waals surface area (Å²) in [6, 6.07) is 39.4. The van der Waals surface area contributed by atoms with Gasteiger partial charge in [0.1, 0.15) is 0 Å². The van der Waals surface area contributed by atoms with Crippen molar-refractivity contribution in [2.24, 2.45) is 0 Å². The molecular weight excluding hydrogens is 481 g/mol. The van der Waals surface area contributed by atoms with Crippen molar-refractivity contribution in [3.8, 4) is 6.07 Å². The van der Waals surface area contributed by atoms with Gasteiger partial charge >= 0.3 is 196 Å². The third-order valence-electron chi connectivity index (χ3n) is 5.84. The van der Waals surface area contributed by atoms with E-state index >= 15 is 0 Å². The van der Waals surface area contributed by atoms with Gasteiger partial charge in [-0.3, -0.25) is 0 Å². The molecule has 0 aliphatic carbocycles. The van der Waals surface area contributed by atoms with Gasteiger partial charge in [0.05, 0.1) is 0 Å². The number of aromatic carboxylic acids is 1. The first-order valence-corrected chi connectivity index (χ1v) is 14.5. The molecule has 1 N–H and O–H groups in total. The van der Waals surface area contributed by atoms with Gasteiger partial charge in [-0.1, -0.05) is 0 Å². The maximum atomic E-state index is 11.7. The van der Waals surface area contributed by atoms with Gasteiger partial charge in [0.15, 0.2) is 0 Å². The second-order valence-electron chi connectivity index (χ2n) is 7.54. The van der Waals surface area contributed by atoms with Gasteiger partial charge < -0.3 is 0 Å². The minimum atomic E-state index is -3.62. The number of hydrogen-bond acceptors (Lipinski definition) is 2. The van der Waals surface area contributed by atoms with Crippen molar-refractivity contribution < 1.29 is 9.90 Å². The summed E-state index contributed by atoms with van der Waals surface area (Å²) >= 11 is 4.30. The van der Waals surface area contributed by atoms with E-state index in [-0.39, 0.29) is 5.56 Å². The van der Waals surface area contributed by atoms with E-state index in [2.05, 4.69) is 58.0 Å². The summed E-state index contributed by atoms with van der Waals surface area (Å²) in [4.78, 5) is 11.7. The minimum absolute atomic E-state index is 0.162. The van der Waals surface area contributed by atoms with E-state index in [1.807, 2.05) is 60.7 Å². The quantitative estimate of drug-likeness (QED) is 0.340. The third-order valence-corrected chi connectivity index (χ3v) is 16.1. The molecule has 0 fully saturated rings. The van der Waals surface area contributed by atoms with Crippen LogP contribution in [0.3, 0.4) is 0 Å². The first-order chi connectivity index (χ1) is 15.5. The third kappa shape index (κ3) is 3.35. The Morgan fingerprint density at radius 2 is 1.19 bits per heavy atom. The van der Waals surface area contributed by atoms with Gasteiger partial charge in [-0.2, -0.15) is 0 Å². The number of benzene rings is 4. The maximum absolute atomic E-state index is 11.7. The Morgan fingerprint density at radius 1 is 0.750 bits per heavy atom. The first-order valence-electron chi connectivity index (χ1n) is 10.1. The molecule has 5 heteroatoms. The molecule has 0 aliphatic heterocycles. The Balaban J connectivity index is 2.19. The fraction of sp³-hybridized carbons (Fsp3) is 0.0370. The standard InChI is InChI=1S/C27H21BrNO2P/c28-32(23-13-4-1-5-14-23,24-15-6-2-7-16-24,25-17-8-3-9-18-25)26(20-29)21-11-10-12-22(19-21)27(30)31/h1-19,26H,(H,30,31). The summed E-state index contributed by atoms with van der Waals surface area (Å²) in [5.41, 5.74) is 0.167. The molecule has 3 nitrogen and oxygen atoms in total. The van der Waals surface area contributed by atoms with E-state index < -0.39 is 16.9 Å². The van der Waals surface area contributed by atoms with Gasteiger partial charge in [-0.05, 0) is 0 Å². The van der Waals surface area contributed by atoms with Crippen molar-refractivity contribution >= 4 is 42.7 Å². The second kappa shape index (κ2) is 8.71. The molecular formula is C27H21BrNO2P. The number of nitriles is 1. The van der Waals surface area contributed by atoms with E-state index in [1.54, 1.807) is 18.2 Å². The first kappa shape index (κ1) is 22.0. The van der Waals surface area contributed by atoms with Crippen molar-refractivity contribution in [1.29, 1.82) is 5.26 Å². The van der Waals surface area contributed by atoms with Crippen LogP contribution in [0.5, 0.6) is 0 Å². The molecule has 0 heterocycles. The summed E-state index contributed by atoms with van der Waals surface area (Å²) in [7, 11) is 0. The van der Waals surface area contributed by atoms with Crippen molar-refractivity contribution in [3.63, 3.8) is 0 Å². The van der Waals surface area contributed by atoms with Crippen LogP contribution in [-0.4, -0.2) is 11.1 Å². The molecule has 0 bridgehead atoms. The van der Waals surface area contributed by atoms with Crippen LogP contribution in [0, 0.1) is 11.3 Å². The van der Waals surface area contributed by atoms with Gasteiger partial charge in [-0.15, -0.1) is 0 Å². The van der Waals surface area contributed by atoms with Crippen LogP contribution in [0.2, 0.25) is 0 Å².